The molecule has 6 rings (SSSR count). The van der Waals surface area contributed by atoms with Crippen LogP contribution >= 0.6 is 0 Å². The molecule has 0 aromatic heterocycles. The maximum atomic E-state index is 12.8. The van der Waals surface area contributed by atoms with Crippen molar-refractivity contribution in [1.82, 2.24) is 5.01 Å². The van der Waals surface area contributed by atoms with Gasteiger partial charge in [-0.25, -0.2) is 0 Å². The molecule has 0 radical (unpaired) electrons. The summed E-state index contributed by atoms with van der Waals surface area (Å²) in [6.07, 6.45) is 7.15. The number of carbonyl (C=O) groups is 2. The van der Waals surface area contributed by atoms with Gasteiger partial charge in [0, 0.05) is 19.8 Å². The molecule has 3 fully saturated rings. The summed E-state index contributed by atoms with van der Waals surface area (Å²) < 4.78 is 0. The summed E-state index contributed by atoms with van der Waals surface area (Å²) in [5, 5.41) is 5.39. The molecule has 1 aromatic carbocycles. The average Bonchev–Trinajstić information content (AvgIpc) is 3.39. The van der Waals surface area contributed by atoms with Crippen molar-refractivity contribution in [3.8, 4) is 0 Å². The third kappa shape index (κ3) is 2.04. The second-order valence-electron chi connectivity index (χ2n) is 7.87. The molecule has 1 saturated heterocycles. The molecule has 2 amide bonds. The van der Waals surface area contributed by atoms with Crippen molar-refractivity contribution >= 4 is 23.7 Å². The number of benzene rings is 1. The fraction of sp³-hybridized carbons (Fsp3) is 0.450. The number of anilines is 1. The van der Waals surface area contributed by atoms with E-state index in [0.717, 1.165) is 16.3 Å². The van der Waals surface area contributed by atoms with E-state index in [1.54, 1.807) is 6.21 Å². The van der Waals surface area contributed by atoms with Gasteiger partial charge in [0.2, 0.25) is 0 Å². The van der Waals surface area contributed by atoms with Crippen LogP contribution in [0.3, 0.4) is 0 Å². The predicted molar refractivity (Wildman–Crippen MR) is 94.9 cm³/mol. The van der Waals surface area contributed by atoms with Gasteiger partial charge in [-0.1, -0.05) is 24.3 Å². The predicted octanol–water partition coefficient (Wildman–Crippen LogP) is 2.14. The minimum Gasteiger partial charge on any atom is -0.378 e. The lowest BCUT2D eigenvalue weighted by Gasteiger charge is -2.37. The van der Waals surface area contributed by atoms with E-state index in [1.807, 2.05) is 43.3 Å². The summed E-state index contributed by atoms with van der Waals surface area (Å²) in [4.78, 5) is 27.7. The lowest BCUT2D eigenvalue weighted by Crippen LogP contribution is -2.40. The van der Waals surface area contributed by atoms with Crippen molar-refractivity contribution in [1.29, 1.82) is 0 Å². The van der Waals surface area contributed by atoms with Gasteiger partial charge in [-0.2, -0.15) is 10.1 Å². The first-order valence-corrected chi connectivity index (χ1v) is 8.94. The van der Waals surface area contributed by atoms with Gasteiger partial charge in [0.25, 0.3) is 11.8 Å². The van der Waals surface area contributed by atoms with Crippen molar-refractivity contribution in [3.63, 3.8) is 0 Å². The van der Waals surface area contributed by atoms with E-state index in [-0.39, 0.29) is 35.5 Å². The van der Waals surface area contributed by atoms with Gasteiger partial charge >= 0.3 is 0 Å². The van der Waals surface area contributed by atoms with Crippen LogP contribution < -0.4 is 4.90 Å². The zero-order valence-electron chi connectivity index (χ0n) is 14.4. The van der Waals surface area contributed by atoms with Crippen LogP contribution in [-0.2, 0) is 9.59 Å². The first kappa shape index (κ1) is 14.9. The molecular formula is C20H21N3O2. The molecule has 5 heteroatoms. The highest BCUT2D eigenvalue weighted by Gasteiger charge is 2.67. The number of carbonyl (C=O) groups excluding carboxylic acids is 2. The van der Waals surface area contributed by atoms with E-state index < -0.39 is 0 Å². The van der Waals surface area contributed by atoms with E-state index in [2.05, 4.69) is 17.3 Å². The van der Waals surface area contributed by atoms with Crippen LogP contribution in [0, 0.1) is 35.5 Å². The number of amides is 2. The van der Waals surface area contributed by atoms with Crippen LogP contribution in [0.15, 0.2) is 41.5 Å². The van der Waals surface area contributed by atoms with E-state index in [9.17, 15) is 9.59 Å². The summed E-state index contributed by atoms with van der Waals surface area (Å²) in [7, 11) is 3.97. The minimum atomic E-state index is -0.181. The first-order chi connectivity index (χ1) is 12.1. The Balaban J connectivity index is 1.39. The number of hydrogen-bond donors (Lipinski definition) is 0. The number of hydrazone groups is 1. The summed E-state index contributed by atoms with van der Waals surface area (Å²) in [5.74, 6) is 1.15. The first-order valence-electron chi connectivity index (χ1n) is 8.94. The van der Waals surface area contributed by atoms with Gasteiger partial charge in [0.05, 0.1) is 18.1 Å². The van der Waals surface area contributed by atoms with Crippen LogP contribution in [0.4, 0.5) is 5.69 Å². The van der Waals surface area contributed by atoms with Gasteiger partial charge in [-0.15, -0.1) is 0 Å². The highest BCUT2D eigenvalue weighted by molar-refractivity contribution is 6.06. The maximum absolute atomic E-state index is 12.8. The Hall–Kier alpha value is -2.43. The third-order valence-corrected chi connectivity index (χ3v) is 6.37. The summed E-state index contributed by atoms with van der Waals surface area (Å²) in [6.45, 7) is 0. The molecule has 25 heavy (non-hydrogen) atoms. The SMILES string of the molecule is CN(C)c1ccc(/C=N\N2C(=O)[C@@H]3[C@H]4C=C[C@@H]([C@@H]5C[C@@H]45)[C@@H]3C2=O)cc1. The van der Waals surface area contributed by atoms with E-state index in [0.29, 0.717) is 11.8 Å². The summed E-state index contributed by atoms with van der Waals surface area (Å²) in [6, 6.07) is 7.87. The standard InChI is InChI=1S/C20H21N3O2/c1-22(2)12-5-3-11(4-6-12)10-21-23-19(24)17-13-7-8-14(16-9-15(13)16)18(17)20(23)25/h3-8,10,13-18H,9H2,1-2H3/b21-10-/t13-,14-,15-,16-,17-,18+/m0/s1. The molecule has 2 saturated carbocycles. The van der Waals surface area contributed by atoms with Crippen LogP contribution in [0.1, 0.15) is 12.0 Å². The van der Waals surface area contributed by atoms with Crippen LogP contribution in [0.5, 0.6) is 0 Å². The van der Waals surface area contributed by atoms with Gasteiger partial charge in [-0.05, 0) is 47.8 Å². The fourth-order valence-electron chi connectivity index (χ4n) is 5.04. The summed E-state index contributed by atoms with van der Waals surface area (Å²) in [5.41, 5.74) is 1.98. The lowest BCUT2D eigenvalue weighted by molar-refractivity contribution is -0.140. The van der Waals surface area contributed by atoms with Crippen molar-refractivity contribution in [2.75, 3.05) is 19.0 Å². The van der Waals surface area contributed by atoms with Crippen LogP contribution in [0.25, 0.3) is 0 Å². The van der Waals surface area contributed by atoms with Gasteiger partial charge in [0.1, 0.15) is 0 Å². The van der Waals surface area contributed by atoms with Crippen LogP contribution in [-0.4, -0.2) is 37.1 Å². The molecule has 1 aromatic rings. The van der Waals surface area contributed by atoms with Crippen molar-refractivity contribution in [2.45, 2.75) is 6.42 Å². The van der Waals surface area contributed by atoms with Crippen molar-refractivity contribution < 1.29 is 9.59 Å². The second-order valence-corrected chi connectivity index (χ2v) is 7.87. The molecule has 0 N–H and O–H groups in total. The number of hydrogen-bond acceptors (Lipinski definition) is 4. The number of allylic oxidation sites excluding steroid dienone is 2. The number of rotatable bonds is 3. The van der Waals surface area contributed by atoms with E-state index in [1.165, 1.54) is 6.42 Å². The molecule has 128 valence electrons. The zero-order chi connectivity index (χ0) is 17.3. The molecule has 0 unspecified atom stereocenters. The third-order valence-electron chi connectivity index (χ3n) is 6.37. The summed E-state index contributed by atoms with van der Waals surface area (Å²) >= 11 is 0. The normalized spacial score (nSPS) is 37.6. The molecule has 4 aliphatic carbocycles. The Kier molecular flexibility index (Phi) is 3.00. The van der Waals surface area contributed by atoms with Crippen molar-refractivity contribution in [3.05, 3.63) is 42.0 Å². The molecule has 6 atom stereocenters. The number of imide groups is 1. The quantitative estimate of drug-likeness (QED) is 0.483. The topological polar surface area (TPSA) is 53.0 Å². The Bertz CT molecular complexity index is 775. The molecular weight excluding hydrogens is 314 g/mol. The molecule has 2 bridgehead atoms. The van der Waals surface area contributed by atoms with E-state index in [4.69, 9.17) is 0 Å². The van der Waals surface area contributed by atoms with Crippen LogP contribution in [0.2, 0.25) is 0 Å². The Morgan fingerprint density at radius 2 is 1.56 bits per heavy atom. The monoisotopic (exact) mass is 335 g/mol. The van der Waals surface area contributed by atoms with Crippen molar-refractivity contribution in [2.24, 2.45) is 40.6 Å². The van der Waals surface area contributed by atoms with Gasteiger partial charge in [0.15, 0.2) is 0 Å². The molecule has 1 aliphatic heterocycles. The largest absolute Gasteiger partial charge is 0.378 e. The molecule has 0 spiro atoms. The Labute approximate surface area is 147 Å². The Morgan fingerprint density at radius 3 is 2.08 bits per heavy atom. The second kappa shape index (κ2) is 5.04. The Morgan fingerprint density at radius 1 is 1.00 bits per heavy atom. The minimum absolute atomic E-state index is 0.110. The highest BCUT2D eigenvalue weighted by Crippen LogP contribution is 2.65. The fourth-order valence-corrected chi connectivity index (χ4v) is 5.04. The molecule has 5 aliphatic rings. The lowest BCUT2D eigenvalue weighted by atomic mass is 9.63. The number of nitrogens with zero attached hydrogens (tertiary/aromatic N) is 3. The zero-order valence-corrected chi connectivity index (χ0v) is 14.4. The maximum Gasteiger partial charge on any atom is 0.254 e. The molecule has 1 heterocycles. The van der Waals surface area contributed by atoms with Gasteiger partial charge in [-0.3, -0.25) is 9.59 Å². The van der Waals surface area contributed by atoms with Gasteiger partial charge < -0.3 is 4.90 Å². The highest BCUT2D eigenvalue weighted by atomic mass is 16.2. The average molecular weight is 335 g/mol. The van der Waals surface area contributed by atoms with E-state index >= 15 is 0 Å². The molecule has 5 nitrogen and oxygen atoms in total. The smallest absolute Gasteiger partial charge is 0.254 e.